The molecule has 2 unspecified atom stereocenters. The van der Waals surface area contributed by atoms with Crippen LogP contribution in [0.4, 0.5) is 5.82 Å². The lowest BCUT2D eigenvalue weighted by Gasteiger charge is -2.42. The number of H-pyrrole nitrogens is 1. The Morgan fingerprint density at radius 1 is 1.30 bits per heavy atom. The Balaban J connectivity index is 1.40. The Bertz CT molecular complexity index is 1000. The van der Waals surface area contributed by atoms with Crippen molar-refractivity contribution in [3.05, 3.63) is 41.2 Å². The lowest BCUT2D eigenvalue weighted by Crippen LogP contribution is -2.56. The fraction of sp³-hybridized carbons (Fsp3) is 0.368. The van der Waals surface area contributed by atoms with E-state index in [0.717, 1.165) is 48.4 Å². The summed E-state index contributed by atoms with van der Waals surface area (Å²) in [4.78, 5) is 29.4. The van der Waals surface area contributed by atoms with Gasteiger partial charge < -0.3 is 14.8 Å². The van der Waals surface area contributed by atoms with Crippen LogP contribution in [0.1, 0.15) is 12.8 Å². The SMILES string of the molecule is N#CC1=CSCC(C(=O)N2C3CCC2CN(c2ncnc4[nH]ccc24)C3)=C1. The zero-order valence-corrected chi connectivity index (χ0v) is 15.4. The number of carbonyl (C=O) groups is 1. The lowest BCUT2D eigenvalue weighted by atomic mass is 10.1. The van der Waals surface area contributed by atoms with Crippen molar-refractivity contribution < 1.29 is 4.79 Å². The molecule has 3 aliphatic heterocycles. The van der Waals surface area contributed by atoms with Gasteiger partial charge in [0.25, 0.3) is 5.91 Å². The van der Waals surface area contributed by atoms with E-state index in [0.29, 0.717) is 11.3 Å². The van der Waals surface area contributed by atoms with Gasteiger partial charge in [-0.2, -0.15) is 5.26 Å². The molecule has 2 atom stereocenters. The van der Waals surface area contributed by atoms with Crippen molar-refractivity contribution >= 4 is 34.5 Å². The van der Waals surface area contributed by atoms with E-state index in [4.69, 9.17) is 5.26 Å². The minimum absolute atomic E-state index is 0.0879. The molecule has 2 fully saturated rings. The number of piperazine rings is 1. The molecule has 27 heavy (non-hydrogen) atoms. The predicted octanol–water partition coefficient (Wildman–Crippen LogP) is 2.22. The Hall–Kier alpha value is -2.79. The number of thioether (sulfide) groups is 1. The molecule has 0 spiro atoms. The quantitative estimate of drug-likeness (QED) is 0.862. The average molecular weight is 378 g/mol. The highest BCUT2D eigenvalue weighted by Gasteiger charge is 2.44. The van der Waals surface area contributed by atoms with E-state index in [1.807, 2.05) is 17.7 Å². The van der Waals surface area contributed by atoms with Gasteiger partial charge in [-0.25, -0.2) is 9.97 Å². The first-order valence-electron chi connectivity index (χ1n) is 9.03. The monoisotopic (exact) mass is 378 g/mol. The zero-order valence-electron chi connectivity index (χ0n) is 14.6. The number of nitrogens with one attached hydrogen (secondary N) is 1. The van der Waals surface area contributed by atoms with Crippen molar-refractivity contribution in [2.75, 3.05) is 23.7 Å². The fourth-order valence-corrected chi connectivity index (χ4v) is 5.12. The third kappa shape index (κ3) is 2.70. The number of fused-ring (bicyclic) bond motifs is 3. The Labute approximate surface area is 160 Å². The van der Waals surface area contributed by atoms with Gasteiger partial charge in [0.1, 0.15) is 17.8 Å². The second-order valence-electron chi connectivity index (χ2n) is 7.11. The van der Waals surface area contributed by atoms with Crippen molar-refractivity contribution in [2.24, 2.45) is 0 Å². The molecule has 5 heterocycles. The molecule has 2 bridgehead atoms. The van der Waals surface area contributed by atoms with Crippen LogP contribution in [0.15, 0.2) is 41.2 Å². The molecule has 2 saturated heterocycles. The third-order valence-corrected chi connectivity index (χ3v) is 6.43. The minimum atomic E-state index is 0.0879. The average Bonchev–Trinajstić information content (AvgIpc) is 3.29. The number of amides is 1. The number of aromatic nitrogens is 3. The van der Waals surface area contributed by atoms with E-state index in [9.17, 15) is 4.79 Å². The summed E-state index contributed by atoms with van der Waals surface area (Å²) in [6.07, 6.45) is 7.24. The largest absolute Gasteiger partial charge is 0.352 e. The molecule has 2 aromatic heterocycles. The summed E-state index contributed by atoms with van der Waals surface area (Å²) in [5, 5.41) is 12.0. The van der Waals surface area contributed by atoms with Gasteiger partial charge in [0.05, 0.1) is 29.1 Å². The van der Waals surface area contributed by atoms with Crippen molar-refractivity contribution in [3.8, 4) is 6.07 Å². The Morgan fingerprint density at radius 2 is 2.11 bits per heavy atom. The number of anilines is 1. The summed E-state index contributed by atoms with van der Waals surface area (Å²) in [6.45, 7) is 1.56. The van der Waals surface area contributed by atoms with Gasteiger partial charge in [-0.05, 0) is 30.4 Å². The number of nitriles is 1. The molecule has 136 valence electrons. The van der Waals surface area contributed by atoms with Crippen molar-refractivity contribution in [3.63, 3.8) is 0 Å². The van der Waals surface area contributed by atoms with E-state index < -0.39 is 0 Å². The standard InChI is InChI=1S/C19H18N6OS/c20-6-12-5-13(10-27-9-12)19(26)25-14-1-2-15(25)8-24(7-14)18-16-3-4-21-17(16)22-11-23-18/h3-5,9,11,14-15H,1-2,7-8,10H2,(H,21,22,23). The summed E-state index contributed by atoms with van der Waals surface area (Å²) in [6, 6.07) is 4.51. The van der Waals surface area contributed by atoms with E-state index >= 15 is 0 Å². The number of nitrogens with zero attached hydrogens (tertiary/aromatic N) is 5. The van der Waals surface area contributed by atoms with Gasteiger partial charge in [0.15, 0.2) is 0 Å². The van der Waals surface area contributed by atoms with E-state index in [1.54, 1.807) is 12.4 Å². The lowest BCUT2D eigenvalue weighted by molar-refractivity contribution is -0.130. The molecule has 0 aromatic carbocycles. The number of carbonyl (C=O) groups excluding carboxylic acids is 1. The van der Waals surface area contributed by atoms with Crippen LogP contribution in [-0.2, 0) is 4.79 Å². The second-order valence-corrected chi connectivity index (χ2v) is 7.96. The minimum Gasteiger partial charge on any atom is -0.352 e. The molecule has 7 nitrogen and oxygen atoms in total. The second kappa shape index (κ2) is 6.43. The van der Waals surface area contributed by atoms with E-state index in [-0.39, 0.29) is 18.0 Å². The summed E-state index contributed by atoms with van der Waals surface area (Å²) >= 11 is 1.52. The van der Waals surface area contributed by atoms with Crippen molar-refractivity contribution in [1.82, 2.24) is 19.9 Å². The van der Waals surface area contributed by atoms with Crippen LogP contribution in [0.25, 0.3) is 11.0 Å². The Kier molecular flexibility index (Phi) is 3.90. The highest BCUT2D eigenvalue weighted by atomic mass is 32.2. The molecule has 2 aromatic rings. The summed E-state index contributed by atoms with van der Waals surface area (Å²) in [7, 11) is 0. The molecular formula is C19H18N6OS. The molecule has 5 rings (SSSR count). The number of allylic oxidation sites excluding steroid dienone is 2. The summed E-state index contributed by atoms with van der Waals surface area (Å²) < 4.78 is 0. The maximum atomic E-state index is 13.1. The Morgan fingerprint density at radius 3 is 2.89 bits per heavy atom. The highest BCUT2D eigenvalue weighted by molar-refractivity contribution is 8.02. The van der Waals surface area contributed by atoms with Gasteiger partial charge >= 0.3 is 0 Å². The molecule has 8 heteroatoms. The van der Waals surface area contributed by atoms with Crippen LogP contribution >= 0.6 is 11.8 Å². The van der Waals surface area contributed by atoms with Crippen LogP contribution in [0, 0.1) is 11.3 Å². The van der Waals surface area contributed by atoms with Crippen LogP contribution < -0.4 is 4.90 Å². The topological polar surface area (TPSA) is 88.9 Å². The molecule has 3 aliphatic rings. The molecule has 0 radical (unpaired) electrons. The van der Waals surface area contributed by atoms with E-state index in [1.165, 1.54) is 11.8 Å². The molecule has 1 amide bonds. The number of hydrogen-bond donors (Lipinski definition) is 1. The normalized spacial score (nSPS) is 24.6. The van der Waals surface area contributed by atoms with Crippen molar-refractivity contribution in [1.29, 1.82) is 5.26 Å². The maximum absolute atomic E-state index is 13.1. The van der Waals surface area contributed by atoms with Gasteiger partial charge in [-0.3, -0.25) is 4.79 Å². The van der Waals surface area contributed by atoms with Crippen LogP contribution in [0.3, 0.4) is 0 Å². The maximum Gasteiger partial charge on any atom is 0.251 e. The summed E-state index contributed by atoms with van der Waals surface area (Å²) in [5.41, 5.74) is 2.14. The molecular weight excluding hydrogens is 360 g/mol. The number of rotatable bonds is 2. The highest BCUT2D eigenvalue weighted by Crippen LogP contribution is 2.35. The first-order chi connectivity index (χ1) is 13.2. The van der Waals surface area contributed by atoms with E-state index in [2.05, 4.69) is 30.8 Å². The first kappa shape index (κ1) is 16.4. The first-order valence-corrected chi connectivity index (χ1v) is 10.1. The smallest absolute Gasteiger partial charge is 0.251 e. The fourth-order valence-electron chi connectivity index (χ4n) is 4.35. The van der Waals surface area contributed by atoms with Gasteiger partial charge in [-0.15, -0.1) is 11.8 Å². The molecule has 0 aliphatic carbocycles. The predicted molar refractivity (Wildman–Crippen MR) is 104 cm³/mol. The zero-order chi connectivity index (χ0) is 18.4. The number of aromatic amines is 1. The van der Waals surface area contributed by atoms with Crippen LogP contribution in [-0.4, -0.2) is 56.7 Å². The van der Waals surface area contributed by atoms with Gasteiger partial charge in [-0.1, -0.05) is 0 Å². The van der Waals surface area contributed by atoms with Crippen LogP contribution in [0.2, 0.25) is 0 Å². The van der Waals surface area contributed by atoms with Gasteiger partial charge in [0.2, 0.25) is 0 Å². The van der Waals surface area contributed by atoms with Crippen molar-refractivity contribution in [2.45, 2.75) is 24.9 Å². The third-order valence-electron chi connectivity index (χ3n) is 5.53. The summed E-state index contributed by atoms with van der Waals surface area (Å²) in [5.74, 6) is 1.66. The molecule has 0 saturated carbocycles. The van der Waals surface area contributed by atoms with Crippen LogP contribution in [0.5, 0.6) is 0 Å². The molecule has 1 N–H and O–H groups in total. The number of hydrogen-bond acceptors (Lipinski definition) is 6. The van der Waals surface area contributed by atoms with Gasteiger partial charge in [0, 0.05) is 30.6 Å².